The van der Waals surface area contributed by atoms with Crippen molar-refractivity contribution in [2.45, 2.75) is 31.7 Å². The standard InChI is InChI=1S/C9H14N2O/c1-7-5-8(12-11-7)6-9(10-2)3-4-9/h5,10H,3-4,6H2,1-2H3. The fourth-order valence-electron chi connectivity index (χ4n) is 1.50. The molecule has 0 unspecified atom stereocenters. The molecule has 0 spiro atoms. The molecule has 1 heterocycles. The number of nitrogens with one attached hydrogen (secondary N) is 1. The van der Waals surface area contributed by atoms with E-state index in [9.17, 15) is 0 Å². The Hall–Kier alpha value is -0.830. The van der Waals surface area contributed by atoms with E-state index in [4.69, 9.17) is 4.52 Å². The summed E-state index contributed by atoms with van der Waals surface area (Å²) in [5.41, 5.74) is 1.29. The molecule has 2 rings (SSSR count). The van der Waals surface area contributed by atoms with Crippen molar-refractivity contribution < 1.29 is 4.52 Å². The first-order chi connectivity index (χ1) is 5.74. The lowest BCUT2D eigenvalue weighted by atomic mass is 10.1. The van der Waals surface area contributed by atoms with Gasteiger partial charge in [-0.15, -0.1) is 0 Å². The molecule has 0 radical (unpaired) electrons. The molecule has 0 bridgehead atoms. The van der Waals surface area contributed by atoms with E-state index in [0.717, 1.165) is 17.9 Å². The minimum Gasteiger partial charge on any atom is -0.361 e. The van der Waals surface area contributed by atoms with Gasteiger partial charge in [-0.25, -0.2) is 0 Å². The third-order valence-corrected chi connectivity index (χ3v) is 2.57. The number of nitrogens with zero attached hydrogens (tertiary/aromatic N) is 1. The van der Waals surface area contributed by atoms with E-state index in [1.54, 1.807) is 0 Å². The van der Waals surface area contributed by atoms with Crippen LogP contribution in [0.2, 0.25) is 0 Å². The number of aromatic nitrogens is 1. The van der Waals surface area contributed by atoms with Crippen LogP contribution in [-0.2, 0) is 6.42 Å². The van der Waals surface area contributed by atoms with Crippen LogP contribution < -0.4 is 5.32 Å². The van der Waals surface area contributed by atoms with Crippen LogP contribution in [-0.4, -0.2) is 17.7 Å². The summed E-state index contributed by atoms with van der Waals surface area (Å²) in [5, 5.41) is 7.18. The molecule has 0 aromatic carbocycles. The molecule has 1 aromatic rings. The molecule has 0 saturated heterocycles. The van der Waals surface area contributed by atoms with Gasteiger partial charge in [-0.1, -0.05) is 5.16 Å². The molecule has 1 aliphatic carbocycles. The number of aryl methyl sites for hydroxylation is 1. The van der Waals surface area contributed by atoms with Gasteiger partial charge in [0.25, 0.3) is 0 Å². The molecule has 12 heavy (non-hydrogen) atoms. The molecule has 1 aliphatic rings. The van der Waals surface area contributed by atoms with Crippen LogP contribution in [0.25, 0.3) is 0 Å². The van der Waals surface area contributed by atoms with Gasteiger partial charge in [-0.05, 0) is 26.8 Å². The molecule has 1 saturated carbocycles. The lowest BCUT2D eigenvalue weighted by Gasteiger charge is -2.10. The highest BCUT2D eigenvalue weighted by Crippen LogP contribution is 2.38. The molecule has 1 N–H and O–H groups in total. The highest BCUT2D eigenvalue weighted by atomic mass is 16.5. The van der Waals surface area contributed by atoms with Crippen LogP contribution in [0.4, 0.5) is 0 Å². The smallest absolute Gasteiger partial charge is 0.138 e. The molecule has 0 amide bonds. The van der Waals surface area contributed by atoms with Crippen LogP contribution in [0.1, 0.15) is 24.3 Å². The Kier molecular flexibility index (Phi) is 1.68. The highest BCUT2D eigenvalue weighted by molar-refractivity contribution is 5.13. The zero-order valence-electron chi connectivity index (χ0n) is 7.55. The highest BCUT2D eigenvalue weighted by Gasteiger charge is 2.41. The average molecular weight is 166 g/mol. The topological polar surface area (TPSA) is 38.1 Å². The van der Waals surface area contributed by atoms with Crippen molar-refractivity contribution in [3.63, 3.8) is 0 Å². The van der Waals surface area contributed by atoms with Gasteiger partial charge in [0.05, 0.1) is 5.69 Å². The Labute approximate surface area is 72.1 Å². The second kappa shape index (κ2) is 2.59. The molecule has 0 aliphatic heterocycles. The Morgan fingerprint density at radius 1 is 1.67 bits per heavy atom. The second-order valence-corrected chi connectivity index (χ2v) is 3.64. The van der Waals surface area contributed by atoms with Crippen molar-refractivity contribution in [2.75, 3.05) is 7.05 Å². The summed E-state index contributed by atoms with van der Waals surface area (Å²) in [6, 6.07) is 2.01. The molecule has 1 fully saturated rings. The van der Waals surface area contributed by atoms with E-state index in [0.29, 0.717) is 5.54 Å². The minimum absolute atomic E-state index is 0.325. The molecule has 3 nitrogen and oxygen atoms in total. The van der Waals surface area contributed by atoms with E-state index in [-0.39, 0.29) is 0 Å². The summed E-state index contributed by atoms with van der Waals surface area (Å²) < 4.78 is 5.15. The van der Waals surface area contributed by atoms with Crippen molar-refractivity contribution in [2.24, 2.45) is 0 Å². The Morgan fingerprint density at radius 2 is 2.42 bits per heavy atom. The lowest BCUT2D eigenvalue weighted by molar-refractivity contribution is 0.359. The molecule has 0 atom stereocenters. The summed E-state index contributed by atoms with van der Waals surface area (Å²) in [7, 11) is 2.01. The summed E-state index contributed by atoms with van der Waals surface area (Å²) >= 11 is 0. The second-order valence-electron chi connectivity index (χ2n) is 3.64. The largest absolute Gasteiger partial charge is 0.361 e. The molecular formula is C9H14N2O. The summed E-state index contributed by atoms with van der Waals surface area (Å²) in [6.45, 7) is 1.95. The van der Waals surface area contributed by atoms with Gasteiger partial charge < -0.3 is 9.84 Å². The number of rotatable bonds is 3. The molecule has 3 heteroatoms. The number of hydrogen-bond acceptors (Lipinski definition) is 3. The third kappa shape index (κ3) is 1.37. The predicted molar refractivity (Wildman–Crippen MR) is 46.0 cm³/mol. The Balaban J connectivity index is 2.04. The summed E-state index contributed by atoms with van der Waals surface area (Å²) in [4.78, 5) is 0. The average Bonchev–Trinajstić information content (AvgIpc) is 2.71. The van der Waals surface area contributed by atoms with Gasteiger partial charge in [0.15, 0.2) is 0 Å². The normalized spacial score (nSPS) is 19.5. The van der Waals surface area contributed by atoms with E-state index >= 15 is 0 Å². The zero-order chi connectivity index (χ0) is 8.60. The first-order valence-corrected chi connectivity index (χ1v) is 4.35. The van der Waals surface area contributed by atoms with Crippen molar-refractivity contribution >= 4 is 0 Å². The zero-order valence-corrected chi connectivity index (χ0v) is 7.55. The van der Waals surface area contributed by atoms with Crippen molar-refractivity contribution in [3.8, 4) is 0 Å². The lowest BCUT2D eigenvalue weighted by Crippen LogP contribution is -2.29. The predicted octanol–water partition coefficient (Wildman–Crippen LogP) is 1.28. The van der Waals surface area contributed by atoms with Gasteiger partial charge in [0.1, 0.15) is 5.76 Å². The van der Waals surface area contributed by atoms with Gasteiger partial charge in [-0.3, -0.25) is 0 Å². The van der Waals surface area contributed by atoms with Crippen molar-refractivity contribution in [1.82, 2.24) is 10.5 Å². The van der Waals surface area contributed by atoms with E-state index in [1.165, 1.54) is 12.8 Å². The van der Waals surface area contributed by atoms with Crippen molar-refractivity contribution in [3.05, 3.63) is 17.5 Å². The van der Waals surface area contributed by atoms with E-state index in [2.05, 4.69) is 10.5 Å². The molecule has 66 valence electrons. The van der Waals surface area contributed by atoms with Crippen LogP contribution >= 0.6 is 0 Å². The van der Waals surface area contributed by atoms with Crippen molar-refractivity contribution in [1.29, 1.82) is 0 Å². The van der Waals surface area contributed by atoms with Crippen LogP contribution in [0.15, 0.2) is 10.6 Å². The van der Waals surface area contributed by atoms with E-state index in [1.807, 2.05) is 20.0 Å². The fraction of sp³-hybridized carbons (Fsp3) is 0.667. The van der Waals surface area contributed by atoms with Crippen LogP contribution in [0, 0.1) is 6.92 Å². The summed E-state index contributed by atoms with van der Waals surface area (Å²) in [6.07, 6.45) is 3.48. The first kappa shape index (κ1) is 7.80. The number of hydrogen-bond donors (Lipinski definition) is 1. The van der Waals surface area contributed by atoms with Gasteiger partial charge >= 0.3 is 0 Å². The van der Waals surface area contributed by atoms with Crippen LogP contribution in [0.5, 0.6) is 0 Å². The molecule has 1 aromatic heterocycles. The van der Waals surface area contributed by atoms with Gasteiger partial charge in [0.2, 0.25) is 0 Å². The SMILES string of the molecule is CNC1(Cc2cc(C)no2)CC1. The third-order valence-electron chi connectivity index (χ3n) is 2.57. The van der Waals surface area contributed by atoms with E-state index < -0.39 is 0 Å². The molecular weight excluding hydrogens is 152 g/mol. The summed E-state index contributed by atoms with van der Waals surface area (Å²) in [5.74, 6) is 0.999. The monoisotopic (exact) mass is 166 g/mol. The number of likely N-dealkylation sites (N-methyl/N-ethyl adjacent to an activating group) is 1. The maximum atomic E-state index is 5.15. The maximum Gasteiger partial charge on any atom is 0.138 e. The van der Waals surface area contributed by atoms with Gasteiger partial charge in [0, 0.05) is 18.0 Å². The minimum atomic E-state index is 0.325. The fourth-order valence-corrected chi connectivity index (χ4v) is 1.50. The maximum absolute atomic E-state index is 5.15. The van der Waals surface area contributed by atoms with Crippen LogP contribution in [0.3, 0.4) is 0 Å². The van der Waals surface area contributed by atoms with Gasteiger partial charge in [-0.2, -0.15) is 0 Å². The first-order valence-electron chi connectivity index (χ1n) is 4.35. The quantitative estimate of drug-likeness (QED) is 0.735. The Morgan fingerprint density at radius 3 is 2.83 bits per heavy atom. The Bertz CT molecular complexity index is 276.